The first-order valence-corrected chi connectivity index (χ1v) is 8.89. The predicted molar refractivity (Wildman–Crippen MR) is 99.3 cm³/mol. The summed E-state index contributed by atoms with van der Waals surface area (Å²) in [6.07, 6.45) is 0.365. The molecule has 1 fully saturated rings. The molecule has 2 aromatic carbocycles. The Morgan fingerprint density at radius 3 is 2.77 bits per heavy atom. The Morgan fingerprint density at radius 1 is 1.38 bits per heavy atom. The van der Waals surface area contributed by atoms with Crippen LogP contribution in [-0.2, 0) is 4.79 Å². The van der Waals surface area contributed by atoms with E-state index in [9.17, 15) is 9.18 Å². The minimum atomic E-state index is -0.374. The zero-order valence-electron chi connectivity index (χ0n) is 14.4. The summed E-state index contributed by atoms with van der Waals surface area (Å²) in [5.41, 5.74) is 1.58. The van der Waals surface area contributed by atoms with Crippen LogP contribution in [0, 0.1) is 23.1 Å². The Hall–Kier alpha value is -2.58. The molecule has 26 heavy (non-hydrogen) atoms. The molecule has 1 heterocycles. The molecule has 1 aliphatic rings. The van der Waals surface area contributed by atoms with Crippen LogP contribution in [0.2, 0.25) is 5.02 Å². The van der Waals surface area contributed by atoms with E-state index >= 15 is 0 Å². The third-order valence-corrected chi connectivity index (χ3v) is 5.06. The van der Waals surface area contributed by atoms with Crippen molar-refractivity contribution in [1.82, 2.24) is 4.90 Å². The molecule has 0 spiro atoms. The van der Waals surface area contributed by atoms with Crippen molar-refractivity contribution in [3.05, 3.63) is 64.4 Å². The first-order chi connectivity index (χ1) is 12.5. The maximum Gasteiger partial charge on any atom is 0.223 e. The number of halogens is 2. The summed E-state index contributed by atoms with van der Waals surface area (Å²) in [6.45, 7) is 3.15. The fraction of sp³-hybridized carbons (Fsp3) is 0.300. The topological polar surface area (TPSA) is 56.1 Å². The van der Waals surface area contributed by atoms with E-state index in [1.165, 1.54) is 6.07 Å². The summed E-state index contributed by atoms with van der Waals surface area (Å²) in [7, 11) is 0. The van der Waals surface area contributed by atoms with Gasteiger partial charge in [0.2, 0.25) is 5.91 Å². The second-order valence-corrected chi connectivity index (χ2v) is 6.75. The van der Waals surface area contributed by atoms with Gasteiger partial charge in [-0.1, -0.05) is 29.8 Å². The summed E-state index contributed by atoms with van der Waals surface area (Å²) in [4.78, 5) is 14.0. The second-order valence-electron chi connectivity index (χ2n) is 6.35. The molecule has 0 aliphatic carbocycles. The molecule has 0 saturated carbocycles. The summed E-state index contributed by atoms with van der Waals surface area (Å²) < 4.78 is 14.5. The number of nitrogens with zero attached hydrogens (tertiary/aromatic N) is 2. The van der Waals surface area contributed by atoms with E-state index in [2.05, 4.69) is 5.32 Å². The van der Waals surface area contributed by atoms with Crippen molar-refractivity contribution in [2.75, 3.05) is 18.4 Å². The Labute approximate surface area is 157 Å². The van der Waals surface area contributed by atoms with Gasteiger partial charge in [-0.3, -0.25) is 4.79 Å². The number of nitriles is 1. The van der Waals surface area contributed by atoms with E-state index in [0.29, 0.717) is 41.3 Å². The molecule has 1 unspecified atom stereocenters. The molecule has 1 aliphatic heterocycles. The van der Waals surface area contributed by atoms with Gasteiger partial charge in [0.25, 0.3) is 0 Å². The van der Waals surface area contributed by atoms with Gasteiger partial charge in [0, 0.05) is 36.7 Å². The minimum absolute atomic E-state index is 0.0613. The molecule has 0 aromatic heterocycles. The lowest BCUT2D eigenvalue weighted by Gasteiger charge is -2.26. The van der Waals surface area contributed by atoms with E-state index in [4.69, 9.17) is 16.9 Å². The standard InChI is InChI=1S/C20H19ClFN3O/c1-2-25-12-14(9-19(25)26)20(16-5-3-4-6-18(16)22)24-15-8-7-13(11-23)17(21)10-15/h3-8,10,14,20,24H,2,9,12H2,1H3/t14-,20?/m0/s1. The van der Waals surface area contributed by atoms with Crippen molar-refractivity contribution in [1.29, 1.82) is 5.26 Å². The normalized spacial score (nSPS) is 17.8. The highest BCUT2D eigenvalue weighted by Crippen LogP contribution is 2.35. The molecule has 1 amide bonds. The number of hydrogen-bond acceptors (Lipinski definition) is 3. The number of hydrogen-bond donors (Lipinski definition) is 1. The van der Waals surface area contributed by atoms with Gasteiger partial charge in [-0.2, -0.15) is 5.26 Å². The SMILES string of the molecule is CCN1C[C@@H](C(Nc2ccc(C#N)c(Cl)c2)c2ccccc2F)CC1=O. The Morgan fingerprint density at radius 2 is 2.15 bits per heavy atom. The van der Waals surface area contributed by atoms with Crippen molar-refractivity contribution < 1.29 is 9.18 Å². The molecule has 134 valence electrons. The third kappa shape index (κ3) is 3.66. The van der Waals surface area contributed by atoms with Gasteiger partial charge < -0.3 is 10.2 Å². The summed E-state index contributed by atoms with van der Waals surface area (Å²) >= 11 is 6.12. The largest absolute Gasteiger partial charge is 0.378 e. The van der Waals surface area contributed by atoms with Crippen LogP contribution in [-0.4, -0.2) is 23.9 Å². The van der Waals surface area contributed by atoms with Gasteiger partial charge in [-0.25, -0.2) is 4.39 Å². The van der Waals surface area contributed by atoms with Crippen LogP contribution >= 0.6 is 11.6 Å². The van der Waals surface area contributed by atoms with Gasteiger partial charge in [-0.15, -0.1) is 0 Å². The second kappa shape index (κ2) is 7.76. The summed E-state index contributed by atoms with van der Waals surface area (Å²) in [5, 5.41) is 12.7. The zero-order valence-corrected chi connectivity index (χ0v) is 15.1. The van der Waals surface area contributed by atoms with Crippen LogP contribution in [0.25, 0.3) is 0 Å². The van der Waals surface area contributed by atoms with Gasteiger partial charge in [0.05, 0.1) is 16.6 Å². The van der Waals surface area contributed by atoms with E-state index in [1.54, 1.807) is 41.3 Å². The maximum atomic E-state index is 14.5. The minimum Gasteiger partial charge on any atom is -0.378 e. The first kappa shape index (κ1) is 18.2. The average molecular weight is 372 g/mol. The Balaban J connectivity index is 1.94. The Kier molecular flexibility index (Phi) is 5.43. The van der Waals surface area contributed by atoms with Gasteiger partial charge >= 0.3 is 0 Å². The number of benzene rings is 2. The molecule has 2 atom stereocenters. The van der Waals surface area contributed by atoms with Gasteiger partial charge in [-0.05, 0) is 31.2 Å². The smallest absolute Gasteiger partial charge is 0.223 e. The number of carbonyl (C=O) groups is 1. The summed E-state index contributed by atoms with van der Waals surface area (Å²) in [6, 6.07) is 13.3. The lowest BCUT2D eigenvalue weighted by molar-refractivity contribution is -0.127. The fourth-order valence-corrected chi connectivity index (χ4v) is 3.61. The van der Waals surface area contributed by atoms with Crippen molar-refractivity contribution in [3.63, 3.8) is 0 Å². The third-order valence-electron chi connectivity index (χ3n) is 4.75. The average Bonchev–Trinajstić information content (AvgIpc) is 3.01. The molecule has 4 nitrogen and oxygen atoms in total. The van der Waals surface area contributed by atoms with E-state index in [-0.39, 0.29) is 23.7 Å². The van der Waals surface area contributed by atoms with E-state index in [1.807, 2.05) is 13.0 Å². The van der Waals surface area contributed by atoms with Crippen molar-refractivity contribution in [2.24, 2.45) is 5.92 Å². The molecule has 1 saturated heterocycles. The molecule has 0 bridgehead atoms. The van der Waals surface area contributed by atoms with Crippen LogP contribution in [0.1, 0.15) is 30.5 Å². The van der Waals surface area contributed by atoms with Gasteiger partial charge in [0.15, 0.2) is 0 Å². The molecule has 3 rings (SSSR count). The molecule has 6 heteroatoms. The number of rotatable bonds is 5. The van der Waals surface area contributed by atoms with Gasteiger partial charge in [0.1, 0.15) is 11.9 Å². The fourth-order valence-electron chi connectivity index (χ4n) is 3.38. The Bertz CT molecular complexity index is 864. The zero-order chi connectivity index (χ0) is 18.7. The highest BCUT2D eigenvalue weighted by molar-refractivity contribution is 6.32. The number of carbonyl (C=O) groups excluding carboxylic acids is 1. The number of likely N-dealkylation sites (tertiary alicyclic amines) is 1. The van der Waals surface area contributed by atoms with Crippen molar-refractivity contribution >= 4 is 23.2 Å². The van der Waals surface area contributed by atoms with Crippen LogP contribution < -0.4 is 5.32 Å². The molecule has 2 aromatic rings. The van der Waals surface area contributed by atoms with Crippen LogP contribution in [0.5, 0.6) is 0 Å². The molecular formula is C20H19ClFN3O. The van der Waals surface area contributed by atoms with E-state index in [0.717, 1.165) is 0 Å². The van der Waals surface area contributed by atoms with Crippen molar-refractivity contribution in [2.45, 2.75) is 19.4 Å². The quantitative estimate of drug-likeness (QED) is 0.848. The van der Waals surface area contributed by atoms with Crippen molar-refractivity contribution in [3.8, 4) is 6.07 Å². The molecule has 1 N–H and O–H groups in total. The maximum absolute atomic E-state index is 14.5. The highest BCUT2D eigenvalue weighted by atomic mass is 35.5. The monoisotopic (exact) mass is 371 g/mol. The lowest BCUT2D eigenvalue weighted by atomic mass is 9.91. The van der Waals surface area contributed by atoms with Crippen LogP contribution in [0.3, 0.4) is 0 Å². The van der Waals surface area contributed by atoms with Crippen LogP contribution in [0.15, 0.2) is 42.5 Å². The number of anilines is 1. The highest BCUT2D eigenvalue weighted by Gasteiger charge is 2.36. The predicted octanol–water partition coefficient (Wildman–Crippen LogP) is 4.37. The lowest BCUT2D eigenvalue weighted by Crippen LogP contribution is -2.27. The molecule has 0 radical (unpaired) electrons. The molecular weight excluding hydrogens is 353 g/mol. The summed E-state index contributed by atoms with van der Waals surface area (Å²) in [5.74, 6) is -0.292. The van der Waals surface area contributed by atoms with E-state index < -0.39 is 0 Å². The number of nitrogens with one attached hydrogen (secondary N) is 1. The number of amides is 1. The van der Waals surface area contributed by atoms with Crippen LogP contribution in [0.4, 0.5) is 10.1 Å². The first-order valence-electron chi connectivity index (χ1n) is 8.51.